The summed E-state index contributed by atoms with van der Waals surface area (Å²) < 4.78 is 0. The Bertz CT molecular complexity index is 1000. The molecule has 1 aromatic heterocycles. The van der Waals surface area contributed by atoms with E-state index >= 15 is 0 Å². The molecule has 4 rings (SSSR count). The molecule has 2 amide bonds. The SMILES string of the molecule is O=C(Cc1ccccc1)N[C@@H]1C(=O)N2C(C(=O)O)=C(C=Cc3cncs3)CS[C@@H]12. The van der Waals surface area contributed by atoms with Crippen molar-refractivity contribution in [1.82, 2.24) is 15.2 Å². The Morgan fingerprint density at radius 2 is 2.07 bits per heavy atom. The first kappa shape index (κ1) is 19.4. The number of allylic oxidation sites excluding steroid dienone is 1. The molecule has 0 unspecified atom stereocenters. The van der Waals surface area contributed by atoms with Crippen molar-refractivity contribution >= 4 is 47.0 Å². The molecule has 0 saturated carbocycles. The molecule has 2 aliphatic rings. The Morgan fingerprint density at radius 1 is 1.28 bits per heavy atom. The summed E-state index contributed by atoms with van der Waals surface area (Å²) in [4.78, 5) is 43.0. The van der Waals surface area contributed by atoms with Gasteiger partial charge in [0.15, 0.2) is 0 Å². The summed E-state index contributed by atoms with van der Waals surface area (Å²) in [6.07, 6.45) is 5.37. The minimum Gasteiger partial charge on any atom is -0.477 e. The first-order valence-electron chi connectivity index (χ1n) is 8.85. The van der Waals surface area contributed by atoms with Gasteiger partial charge in [-0.1, -0.05) is 36.4 Å². The highest BCUT2D eigenvalue weighted by atomic mass is 32.2. The zero-order chi connectivity index (χ0) is 20.4. The summed E-state index contributed by atoms with van der Waals surface area (Å²) in [5, 5.41) is 12.0. The molecule has 29 heavy (non-hydrogen) atoms. The number of carbonyl (C=O) groups excluding carboxylic acids is 2. The number of rotatable bonds is 6. The third-order valence-electron chi connectivity index (χ3n) is 4.62. The predicted molar refractivity (Wildman–Crippen MR) is 111 cm³/mol. The molecule has 2 aromatic rings. The van der Waals surface area contributed by atoms with Crippen molar-refractivity contribution in [2.75, 3.05) is 5.75 Å². The summed E-state index contributed by atoms with van der Waals surface area (Å²) >= 11 is 2.89. The molecule has 2 aliphatic heterocycles. The number of aliphatic carboxylic acids is 1. The van der Waals surface area contributed by atoms with E-state index in [4.69, 9.17) is 0 Å². The first-order chi connectivity index (χ1) is 14.0. The standard InChI is InChI=1S/C20H17N3O4S2/c24-15(8-12-4-2-1-3-5-12)22-16-18(25)23-17(20(26)27)13(10-28-19(16)23)6-7-14-9-21-11-29-14/h1-7,9,11,16,19H,8,10H2,(H,22,24)(H,26,27)/t16-,19+/m1/s1. The molecule has 7 nitrogen and oxygen atoms in total. The second-order valence-electron chi connectivity index (χ2n) is 6.53. The number of aromatic nitrogens is 1. The van der Waals surface area contributed by atoms with Crippen LogP contribution in [0.5, 0.6) is 0 Å². The van der Waals surface area contributed by atoms with Gasteiger partial charge in [-0.25, -0.2) is 4.79 Å². The van der Waals surface area contributed by atoms with E-state index in [9.17, 15) is 19.5 Å². The molecule has 1 aromatic carbocycles. The van der Waals surface area contributed by atoms with Crippen LogP contribution in [0.2, 0.25) is 0 Å². The summed E-state index contributed by atoms with van der Waals surface area (Å²) in [6.45, 7) is 0. The van der Waals surface area contributed by atoms with Crippen LogP contribution in [0, 0.1) is 0 Å². The summed E-state index contributed by atoms with van der Waals surface area (Å²) in [5.74, 6) is -1.37. The number of β-lactam (4-membered cyclic amide) rings is 1. The number of fused-ring (bicyclic) bond motifs is 1. The van der Waals surface area contributed by atoms with Gasteiger partial charge in [0.2, 0.25) is 5.91 Å². The Labute approximate surface area is 175 Å². The van der Waals surface area contributed by atoms with Gasteiger partial charge in [-0.05, 0) is 17.2 Å². The van der Waals surface area contributed by atoms with Gasteiger partial charge in [0.05, 0.1) is 11.9 Å². The number of amides is 2. The van der Waals surface area contributed by atoms with Crippen LogP contribution in [0.3, 0.4) is 0 Å². The maximum Gasteiger partial charge on any atom is 0.352 e. The van der Waals surface area contributed by atoms with Gasteiger partial charge in [-0.3, -0.25) is 19.5 Å². The lowest BCUT2D eigenvalue weighted by Gasteiger charge is -2.49. The number of carboxylic acids is 1. The normalized spacial score (nSPS) is 21.1. The molecule has 0 radical (unpaired) electrons. The number of thioether (sulfide) groups is 1. The molecule has 2 atom stereocenters. The highest BCUT2D eigenvalue weighted by molar-refractivity contribution is 8.00. The highest BCUT2D eigenvalue weighted by Gasteiger charge is 2.53. The lowest BCUT2D eigenvalue weighted by Crippen LogP contribution is -2.70. The molecule has 9 heteroatoms. The van der Waals surface area contributed by atoms with E-state index < -0.39 is 23.3 Å². The average Bonchev–Trinajstić information content (AvgIpc) is 3.24. The molecule has 1 fully saturated rings. The van der Waals surface area contributed by atoms with Crippen molar-refractivity contribution in [3.05, 3.63) is 69.8 Å². The van der Waals surface area contributed by atoms with Gasteiger partial charge in [-0.2, -0.15) is 0 Å². The fourth-order valence-corrected chi connectivity index (χ4v) is 5.10. The van der Waals surface area contributed by atoms with Crippen LogP contribution in [-0.2, 0) is 20.8 Å². The number of benzene rings is 1. The van der Waals surface area contributed by atoms with Crippen molar-refractivity contribution in [1.29, 1.82) is 0 Å². The van der Waals surface area contributed by atoms with Crippen molar-refractivity contribution < 1.29 is 19.5 Å². The van der Waals surface area contributed by atoms with Crippen LogP contribution < -0.4 is 5.32 Å². The van der Waals surface area contributed by atoms with Crippen LogP contribution in [0.4, 0.5) is 0 Å². The van der Waals surface area contributed by atoms with Gasteiger partial charge < -0.3 is 10.4 Å². The number of hydrogen-bond donors (Lipinski definition) is 2. The van der Waals surface area contributed by atoms with E-state index in [0.29, 0.717) is 11.3 Å². The number of nitrogens with zero attached hydrogens (tertiary/aromatic N) is 2. The first-order valence-corrected chi connectivity index (χ1v) is 10.8. The Morgan fingerprint density at radius 3 is 2.76 bits per heavy atom. The average molecular weight is 428 g/mol. The second kappa shape index (κ2) is 8.22. The molecule has 0 spiro atoms. The monoisotopic (exact) mass is 427 g/mol. The third-order valence-corrected chi connectivity index (χ3v) is 6.67. The van der Waals surface area contributed by atoms with Crippen molar-refractivity contribution in [3.63, 3.8) is 0 Å². The molecule has 1 saturated heterocycles. The number of hydrogen-bond acceptors (Lipinski definition) is 6. The summed E-state index contributed by atoms with van der Waals surface area (Å²) in [7, 11) is 0. The molecule has 0 aliphatic carbocycles. The van der Waals surface area contributed by atoms with Crippen molar-refractivity contribution in [2.24, 2.45) is 0 Å². The highest BCUT2D eigenvalue weighted by Crippen LogP contribution is 2.40. The molecular weight excluding hydrogens is 410 g/mol. The van der Waals surface area contributed by atoms with E-state index in [0.717, 1.165) is 10.4 Å². The lowest BCUT2D eigenvalue weighted by molar-refractivity contribution is -0.150. The van der Waals surface area contributed by atoms with Crippen LogP contribution in [0.1, 0.15) is 10.4 Å². The zero-order valence-corrected chi connectivity index (χ0v) is 16.8. The largest absolute Gasteiger partial charge is 0.477 e. The predicted octanol–water partition coefficient (Wildman–Crippen LogP) is 2.14. The molecule has 2 N–H and O–H groups in total. The van der Waals surface area contributed by atoms with Gasteiger partial charge in [-0.15, -0.1) is 23.1 Å². The number of thiazole rings is 1. The summed E-state index contributed by atoms with van der Waals surface area (Å²) in [5.41, 5.74) is 3.09. The van der Waals surface area contributed by atoms with E-state index in [2.05, 4.69) is 10.3 Å². The Hall–Kier alpha value is -2.91. The minimum atomic E-state index is -1.15. The molecule has 3 heterocycles. The third kappa shape index (κ3) is 3.96. The van der Waals surface area contributed by atoms with E-state index in [-0.39, 0.29) is 18.0 Å². The van der Waals surface area contributed by atoms with Crippen LogP contribution in [-0.4, -0.2) is 49.9 Å². The van der Waals surface area contributed by atoms with Crippen LogP contribution in [0.15, 0.2) is 59.4 Å². The van der Waals surface area contributed by atoms with Gasteiger partial charge in [0.25, 0.3) is 5.91 Å². The van der Waals surface area contributed by atoms with Gasteiger partial charge >= 0.3 is 5.97 Å². The van der Waals surface area contributed by atoms with Crippen molar-refractivity contribution in [2.45, 2.75) is 17.8 Å². The van der Waals surface area contributed by atoms with Gasteiger partial charge in [0, 0.05) is 16.8 Å². The van der Waals surface area contributed by atoms with Crippen LogP contribution >= 0.6 is 23.1 Å². The Balaban J connectivity index is 1.48. The minimum absolute atomic E-state index is 0.0203. The molecule has 148 valence electrons. The smallest absolute Gasteiger partial charge is 0.352 e. The van der Waals surface area contributed by atoms with E-state index in [1.54, 1.807) is 23.9 Å². The van der Waals surface area contributed by atoms with Crippen molar-refractivity contribution in [3.8, 4) is 0 Å². The molecule has 0 bridgehead atoms. The second-order valence-corrected chi connectivity index (χ2v) is 8.56. The number of carboxylic acid groups (broad SMARTS) is 1. The zero-order valence-electron chi connectivity index (χ0n) is 15.1. The number of carbonyl (C=O) groups is 3. The topological polar surface area (TPSA) is 99.6 Å². The maximum atomic E-state index is 12.6. The number of nitrogens with one attached hydrogen (secondary N) is 1. The quantitative estimate of drug-likeness (QED) is 0.686. The molecular formula is C20H17N3O4S2. The van der Waals surface area contributed by atoms with Crippen LogP contribution in [0.25, 0.3) is 6.08 Å². The maximum absolute atomic E-state index is 12.6. The van der Waals surface area contributed by atoms with E-state index in [1.165, 1.54) is 28.0 Å². The fourth-order valence-electron chi connectivity index (χ4n) is 3.27. The van der Waals surface area contributed by atoms with E-state index in [1.807, 2.05) is 30.3 Å². The Kier molecular flexibility index (Phi) is 5.50. The lowest BCUT2D eigenvalue weighted by atomic mass is 10.0. The van der Waals surface area contributed by atoms with Gasteiger partial charge in [0.1, 0.15) is 17.1 Å². The fraction of sp³-hybridized carbons (Fsp3) is 0.200. The summed E-state index contributed by atoms with van der Waals surface area (Å²) in [6, 6.07) is 8.54.